The largest absolute Gasteiger partial charge is 0.376 e. The van der Waals surface area contributed by atoms with Crippen LogP contribution in [-0.4, -0.2) is 42.1 Å². The molecule has 0 saturated carbocycles. The molecule has 0 bridgehead atoms. The zero-order chi connectivity index (χ0) is 14.6. The van der Waals surface area contributed by atoms with Gasteiger partial charge >= 0.3 is 0 Å². The summed E-state index contributed by atoms with van der Waals surface area (Å²) in [5.74, 6) is 0.818. The molecule has 0 aromatic heterocycles. The van der Waals surface area contributed by atoms with E-state index < -0.39 is 0 Å². The predicted molar refractivity (Wildman–Crippen MR) is 77.8 cm³/mol. The minimum Gasteiger partial charge on any atom is -0.376 e. The Labute approximate surface area is 117 Å². The van der Waals surface area contributed by atoms with Crippen molar-refractivity contribution in [2.75, 3.05) is 13.1 Å². The van der Waals surface area contributed by atoms with Gasteiger partial charge in [-0.05, 0) is 45.4 Å². The molecular weight excluding hydrogens is 240 g/mol. The molecule has 1 heterocycles. The first kappa shape index (κ1) is 16.4. The van der Waals surface area contributed by atoms with Gasteiger partial charge in [0.05, 0.1) is 18.2 Å². The molecule has 1 aliphatic rings. The molecule has 0 aromatic rings. The van der Waals surface area contributed by atoms with E-state index >= 15 is 0 Å². The van der Waals surface area contributed by atoms with E-state index in [1.54, 1.807) is 0 Å². The van der Waals surface area contributed by atoms with Crippen molar-refractivity contribution in [3.05, 3.63) is 0 Å². The van der Waals surface area contributed by atoms with Crippen LogP contribution in [0.3, 0.4) is 0 Å². The molecule has 2 N–H and O–H groups in total. The molecule has 19 heavy (non-hydrogen) atoms. The maximum atomic E-state index is 12.5. The molecule has 0 spiro atoms. The third-order valence-corrected chi connectivity index (χ3v) is 3.81. The quantitative estimate of drug-likeness (QED) is 0.831. The summed E-state index contributed by atoms with van der Waals surface area (Å²) in [6.07, 6.45) is 2.17. The zero-order valence-corrected chi connectivity index (χ0v) is 13.1. The monoisotopic (exact) mass is 270 g/mol. The second-order valence-electron chi connectivity index (χ2n) is 6.29. The molecule has 1 amide bonds. The van der Waals surface area contributed by atoms with Gasteiger partial charge in [-0.2, -0.15) is 0 Å². The number of hydrogen-bond donors (Lipinski definition) is 1. The van der Waals surface area contributed by atoms with Crippen LogP contribution in [0.25, 0.3) is 0 Å². The highest BCUT2D eigenvalue weighted by atomic mass is 16.5. The molecule has 1 fully saturated rings. The molecule has 4 nitrogen and oxygen atoms in total. The molecule has 3 unspecified atom stereocenters. The van der Waals surface area contributed by atoms with E-state index in [-0.39, 0.29) is 30.1 Å². The Morgan fingerprint density at radius 3 is 2.26 bits per heavy atom. The minimum absolute atomic E-state index is 0.0995. The minimum atomic E-state index is -0.382. The lowest BCUT2D eigenvalue weighted by molar-refractivity contribution is -0.136. The average Bonchev–Trinajstić information content (AvgIpc) is 2.32. The van der Waals surface area contributed by atoms with Gasteiger partial charge in [-0.15, -0.1) is 0 Å². The summed E-state index contributed by atoms with van der Waals surface area (Å²) in [5.41, 5.74) is 6.22. The Morgan fingerprint density at radius 1 is 1.32 bits per heavy atom. The number of ether oxygens (including phenoxy) is 1. The van der Waals surface area contributed by atoms with E-state index in [1.165, 1.54) is 0 Å². The van der Waals surface area contributed by atoms with Gasteiger partial charge in [0.1, 0.15) is 0 Å². The third-order valence-electron chi connectivity index (χ3n) is 3.81. The second-order valence-corrected chi connectivity index (χ2v) is 6.29. The van der Waals surface area contributed by atoms with E-state index in [9.17, 15) is 4.79 Å². The van der Waals surface area contributed by atoms with Crippen LogP contribution in [0.5, 0.6) is 0 Å². The van der Waals surface area contributed by atoms with Crippen LogP contribution in [-0.2, 0) is 9.53 Å². The van der Waals surface area contributed by atoms with Gasteiger partial charge in [0.2, 0.25) is 5.91 Å². The zero-order valence-electron chi connectivity index (χ0n) is 13.1. The van der Waals surface area contributed by atoms with Crippen LogP contribution in [0, 0.1) is 11.8 Å². The van der Waals surface area contributed by atoms with Gasteiger partial charge in [0.25, 0.3) is 0 Å². The van der Waals surface area contributed by atoms with Crippen LogP contribution in [0.2, 0.25) is 0 Å². The molecule has 0 aliphatic carbocycles. The number of carbonyl (C=O) groups excluding carboxylic acids is 1. The van der Waals surface area contributed by atoms with E-state index in [1.807, 2.05) is 11.8 Å². The summed E-state index contributed by atoms with van der Waals surface area (Å²) >= 11 is 0. The molecule has 1 saturated heterocycles. The summed E-state index contributed by atoms with van der Waals surface area (Å²) in [6.45, 7) is 11.9. The molecule has 4 heteroatoms. The molecule has 0 radical (unpaired) electrons. The topological polar surface area (TPSA) is 55.6 Å². The van der Waals surface area contributed by atoms with Gasteiger partial charge in [-0.1, -0.05) is 13.8 Å². The fourth-order valence-electron chi connectivity index (χ4n) is 2.98. The number of likely N-dealkylation sites (N-methyl/N-ethyl adjacent to an activating group) is 1. The Balaban J connectivity index is 2.64. The number of nitrogens with two attached hydrogens (primary N) is 1. The van der Waals surface area contributed by atoms with Crippen LogP contribution >= 0.6 is 0 Å². The summed E-state index contributed by atoms with van der Waals surface area (Å²) in [5, 5.41) is 0. The molecule has 1 rings (SSSR count). The number of amides is 1. The number of hydrogen-bond acceptors (Lipinski definition) is 3. The van der Waals surface area contributed by atoms with Crippen LogP contribution in [0.4, 0.5) is 0 Å². The van der Waals surface area contributed by atoms with Crippen LogP contribution in [0.15, 0.2) is 0 Å². The maximum absolute atomic E-state index is 12.5. The smallest absolute Gasteiger partial charge is 0.239 e. The van der Waals surface area contributed by atoms with Crippen molar-refractivity contribution in [2.24, 2.45) is 17.6 Å². The molecule has 3 atom stereocenters. The highest BCUT2D eigenvalue weighted by molar-refractivity contribution is 5.82. The highest BCUT2D eigenvalue weighted by Gasteiger charge is 2.34. The van der Waals surface area contributed by atoms with Gasteiger partial charge in [0, 0.05) is 13.1 Å². The maximum Gasteiger partial charge on any atom is 0.239 e. The van der Waals surface area contributed by atoms with Crippen molar-refractivity contribution in [1.82, 2.24) is 4.90 Å². The molecule has 1 aliphatic heterocycles. The van der Waals surface area contributed by atoms with Crippen LogP contribution < -0.4 is 5.73 Å². The molecule has 112 valence electrons. The van der Waals surface area contributed by atoms with E-state index in [0.717, 1.165) is 25.9 Å². The molecular formula is C15H30N2O2. The Kier molecular flexibility index (Phi) is 6.27. The number of nitrogens with zero attached hydrogens (tertiary/aromatic N) is 1. The highest BCUT2D eigenvalue weighted by Crippen LogP contribution is 2.27. The first-order chi connectivity index (χ1) is 8.85. The summed E-state index contributed by atoms with van der Waals surface area (Å²) in [6, 6.07) is -0.382. The van der Waals surface area contributed by atoms with Crippen molar-refractivity contribution in [1.29, 1.82) is 0 Å². The first-order valence-corrected chi connectivity index (χ1v) is 7.54. The van der Waals surface area contributed by atoms with Gasteiger partial charge in [-0.3, -0.25) is 4.79 Å². The van der Waals surface area contributed by atoms with Crippen molar-refractivity contribution < 1.29 is 9.53 Å². The third kappa shape index (κ3) is 4.77. The lowest BCUT2D eigenvalue weighted by atomic mass is 9.86. The second kappa shape index (κ2) is 7.25. The number of carbonyl (C=O) groups is 1. The average molecular weight is 270 g/mol. The Morgan fingerprint density at radius 2 is 1.84 bits per heavy atom. The first-order valence-electron chi connectivity index (χ1n) is 7.54. The summed E-state index contributed by atoms with van der Waals surface area (Å²) in [7, 11) is 0. The molecule has 0 aromatic carbocycles. The van der Waals surface area contributed by atoms with Gasteiger partial charge in [0.15, 0.2) is 0 Å². The Hall–Kier alpha value is -0.610. The fraction of sp³-hybridized carbons (Fsp3) is 0.933. The summed E-state index contributed by atoms with van der Waals surface area (Å²) < 4.78 is 5.72. The normalized spacial score (nSPS) is 29.3. The van der Waals surface area contributed by atoms with E-state index in [0.29, 0.717) is 5.92 Å². The lowest BCUT2D eigenvalue weighted by Crippen LogP contribution is -2.51. The fourth-order valence-corrected chi connectivity index (χ4v) is 2.98. The van der Waals surface area contributed by atoms with Crippen molar-refractivity contribution in [3.63, 3.8) is 0 Å². The Bertz CT molecular complexity index is 284. The van der Waals surface area contributed by atoms with E-state index in [4.69, 9.17) is 10.5 Å². The number of rotatable bonds is 5. The summed E-state index contributed by atoms with van der Waals surface area (Å²) in [4.78, 5) is 14.4. The lowest BCUT2D eigenvalue weighted by Gasteiger charge is -2.36. The van der Waals surface area contributed by atoms with Crippen molar-refractivity contribution >= 4 is 5.91 Å². The predicted octanol–water partition coefficient (Wildman–Crippen LogP) is 2.02. The van der Waals surface area contributed by atoms with Crippen molar-refractivity contribution in [2.45, 2.75) is 65.7 Å². The van der Waals surface area contributed by atoms with Crippen molar-refractivity contribution in [3.8, 4) is 0 Å². The van der Waals surface area contributed by atoms with Gasteiger partial charge < -0.3 is 15.4 Å². The SMILES string of the molecule is CCN(CC(C)C)C(=O)C(N)C1CC(C)OC(C)C1. The van der Waals surface area contributed by atoms with Crippen LogP contribution in [0.1, 0.15) is 47.5 Å². The standard InChI is InChI=1S/C15H30N2O2/c1-6-17(9-10(2)3)15(18)14(16)13-7-11(4)19-12(5)8-13/h10-14H,6-9,16H2,1-5H3. The van der Waals surface area contributed by atoms with Gasteiger partial charge in [-0.25, -0.2) is 0 Å². The van der Waals surface area contributed by atoms with E-state index in [2.05, 4.69) is 27.7 Å².